The third-order valence-electron chi connectivity index (χ3n) is 0.294. The average molecular weight is 155 g/mol. The SMILES string of the molecule is C=S(C)(=O)NS(C)=O. The average Bonchev–Trinajstić information content (AvgIpc) is 1.21. The third-order valence-corrected chi connectivity index (χ3v) is 2.64. The largest absolute Gasteiger partial charge is 0.252 e. The summed E-state index contributed by atoms with van der Waals surface area (Å²) in [6.07, 6.45) is 2.81. The van der Waals surface area contributed by atoms with Gasteiger partial charge in [-0.3, -0.25) is 4.21 Å². The molecule has 0 fully saturated rings. The summed E-state index contributed by atoms with van der Waals surface area (Å²) < 4.78 is 23.1. The van der Waals surface area contributed by atoms with Gasteiger partial charge in [0, 0.05) is 22.2 Å². The molecule has 0 aliphatic heterocycles. The predicted octanol–water partition coefficient (Wildman–Crippen LogP) is -0.869. The van der Waals surface area contributed by atoms with Gasteiger partial charge in [-0.1, -0.05) is 0 Å². The zero-order chi connectivity index (χ0) is 6.78. The first-order chi connectivity index (χ1) is 3.42. The minimum Gasteiger partial charge on any atom is -0.252 e. The highest BCUT2D eigenvalue weighted by molar-refractivity contribution is 8.06. The van der Waals surface area contributed by atoms with Gasteiger partial charge in [-0.15, -0.1) is 0 Å². The molecule has 0 aliphatic rings. The summed E-state index contributed by atoms with van der Waals surface area (Å²) in [5.41, 5.74) is 0. The van der Waals surface area contributed by atoms with Crippen molar-refractivity contribution >= 4 is 26.6 Å². The van der Waals surface area contributed by atoms with Crippen LogP contribution in [-0.4, -0.2) is 26.8 Å². The van der Waals surface area contributed by atoms with Crippen LogP contribution in [0.2, 0.25) is 0 Å². The highest BCUT2D eigenvalue weighted by Crippen LogP contribution is 1.73. The molecular formula is C3H9NO2S2. The summed E-state index contributed by atoms with van der Waals surface area (Å²) in [6.45, 7) is 0. The maximum atomic E-state index is 10.6. The van der Waals surface area contributed by atoms with Crippen molar-refractivity contribution < 1.29 is 8.42 Å². The highest BCUT2D eigenvalue weighted by Gasteiger charge is 1.92. The molecule has 8 heavy (non-hydrogen) atoms. The van der Waals surface area contributed by atoms with Crippen LogP contribution in [-0.2, 0) is 20.7 Å². The van der Waals surface area contributed by atoms with E-state index in [4.69, 9.17) is 0 Å². The first-order valence-electron chi connectivity index (χ1n) is 1.85. The fourth-order valence-corrected chi connectivity index (χ4v) is 2.23. The van der Waals surface area contributed by atoms with Crippen molar-refractivity contribution in [2.24, 2.45) is 0 Å². The van der Waals surface area contributed by atoms with Crippen LogP contribution < -0.4 is 4.13 Å². The third kappa shape index (κ3) is 6.13. The van der Waals surface area contributed by atoms with E-state index in [2.05, 4.69) is 10.00 Å². The Hall–Kier alpha value is 0.130. The zero-order valence-electron chi connectivity index (χ0n) is 4.84. The molecular weight excluding hydrogens is 146 g/mol. The molecule has 0 spiro atoms. The molecule has 0 rings (SSSR count). The van der Waals surface area contributed by atoms with Crippen LogP contribution in [0.15, 0.2) is 0 Å². The van der Waals surface area contributed by atoms with E-state index in [1.165, 1.54) is 12.5 Å². The van der Waals surface area contributed by atoms with Crippen molar-refractivity contribution in [2.45, 2.75) is 0 Å². The lowest BCUT2D eigenvalue weighted by atomic mass is 11.9. The first-order valence-corrected chi connectivity index (χ1v) is 5.54. The fraction of sp³-hybridized carbons (Fsp3) is 0.667. The molecule has 0 aromatic rings. The molecule has 2 unspecified atom stereocenters. The smallest absolute Gasteiger partial charge is 0.0998 e. The van der Waals surface area contributed by atoms with Gasteiger partial charge < -0.3 is 0 Å². The number of nitrogens with one attached hydrogen (secondary N) is 1. The molecule has 1 N–H and O–H groups in total. The summed E-state index contributed by atoms with van der Waals surface area (Å²) in [6, 6.07) is 0. The number of rotatable bonds is 2. The molecule has 0 radical (unpaired) electrons. The van der Waals surface area contributed by atoms with Crippen LogP contribution in [0.1, 0.15) is 0 Å². The van der Waals surface area contributed by atoms with E-state index in [-0.39, 0.29) is 0 Å². The monoisotopic (exact) mass is 155 g/mol. The van der Waals surface area contributed by atoms with Crippen LogP contribution in [0.3, 0.4) is 0 Å². The van der Waals surface area contributed by atoms with Crippen LogP contribution in [0, 0.1) is 0 Å². The Labute approximate surface area is 52.2 Å². The van der Waals surface area contributed by atoms with Gasteiger partial charge in [-0.2, -0.15) is 4.13 Å². The van der Waals surface area contributed by atoms with E-state index in [9.17, 15) is 8.42 Å². The summed E-state index contributed by atoms with van der Waals surface area (Å²) in [5.74, 6) is 3.23. The Morgan fingerprint density at radius 1 is 1.75 bits per heavy atom. The lowest BCUT2D eigenvalue weighted by Crippen LogP contribution is -2.22. The maximum Gasteiger partial charge on any atom is 0.0998 e. The molecule has 0 amide bonds. The lowest BCUT2D eigenvalue weighted by Gasteiger charge is -1.98. The predicted molar refractivity (Wildman–Crippen MR) is 38.4 cm³/mol. The van der Waals surface area contributed by atoms with Crippen LogP contribution in [0.5, 0.6) is 0 Å². The molecule has 0 bridgehead atoms. The van der Waals surface area contributed by atoms with Crippen molar-refractivity contribution in [1.82, 2.24) is 4.13 Å². The Bertz CT molecular complexity index is 181. The molecule has 0 saturated heterocycles. The normalized spacial score (nSPS) is 21.8. The molecule has 0 aromatic carbocycles. The lowest BCUT2D eigenvalue weighted by molar-refractivity contribution is 0.675. The van der Waals surface area contributed by atoms with Crippen molar-refractivity contribution in [3.63, 3.8) is 0 Å². The topological polar surface area (TPSA) is 46.2 Å². The van der Waals surface area contributed by atoms with Gasteiger partial charge in [0.25, 0.3) is 0 Å². The Balaban J connectivity index is 3.95. The first kappa shape index (κ1) is 8.13. The zero-order valence-corrected chi connectivity index (χ0v) is 6.47. The summed E-state index contributed by atoms with van der Waals surface area (Å²) in [7, 11) is -3.50. The maximum absolute atomic E-state index is 10.6. The van der Waals surface area contributed by atoms with Crippen molar-refractivity contribution in [2.75, 3.05) is 12.5 Å². The van der Waals surface area contributed by atoms with Crippen molar-refractivity contribution in [3.05, 3.63) is 0 Å². The van der Waals surface area contributed by atoms with E-state index in [1.807, 2.05) is 0 Å². The number of hydrogen-bond donors (Lipinski definition) is 1. The van der Waals surface area contributed by atoms with Crippen molar-refractivity contribution in [1.29, 1.82) is 0 Å². The number of hydrogen-bond acceptors (Lipinski definition) is 2. The van der Waals surface area contributed by atoms with E-state index in [0.29, 0.717) is 0 Å². The van der Waals surface area contributed by atoms with Gasteiger partial charge in [-0.05, 0) is 5.87 Å². The molecule has 50 valence electrons. The molecule has 5 heteroatoms. The van der Waals surface area contributed by atoms with E-state index >= 15 is 0 Å². The Morgan fingerprint density at radius 3 is 2.12 bits per heavy atom. The minimum absolute atomic E-state index is 1.22. The van der Waals surface area contributed by atoms with Crippen LogP contribution in [0.4, 0.5) is 0 Å². The second-order valence-corrected chi connectivity index (χ2v) is 5.13. The van der Waals surface area contributed by atoms with Crippen LogP contribution in [0.25, 0.3) is 0 Å². The van der Waals surface area contributed by atoms with Gasteiger partial charge in [0.2, 0.25) is 0 Å². The molecule has 0 heterocycles. The molecule has 0 saturated carbocycles. The standard InChI is InChI=1S/C3H9NO2S2/c1-7(5)4-8(2,3)6/h2H2,1,3H3,(H,4,6). The van der Waals surface area contributed by atoms with Gasteiger partial charge in [0.15, 0.2) is 0 Å². The minimum atomic E-state index is -2.27. The summed E-state index contributed by atoms with van der Waals surface area (Å²) >= 11 is 0. The van der Waals surface area contributed by atoms with Gasteiger partial charge in [0.05, 0.1) is 11.0 Å². The van der Waals surface area contributed by atoms with Gasteiger partial charge in [-0.25, -0.2) is 4.21 Å². The van der Waals surface area contributed by atoms with Gasteiger partial charge in [0.1, 0.15) is 0 Å². The Kier molecular flexibility index (Phi) is 2.65. The van der Waals surface area contributed by atoms with E-state index in [1.54, 1.807) is 0 Å². The fourth-order valence-electron chi connectivity index (χ4n) is 0.248. The molecule has 0 aromatic heterocycles. The second kappa shape index (κ2) is 2.61. The summed E-state index contributed by atoms with van der Waals surface area (Å²) in [5, 5.41) is 0. The van der Waals surface area contributed by atoms with Crippen molar-refractivity contribution in [3.8, 4) is 0 Å². The van der Waals surface area contributed by atoms with Gasteiger partial charge >= 0.3 is 0 Å². The summed E-state index contributed by atoms with van der Waals surface area (Å²) in [4.78, 5) is 0. The highest BCUT2D eigenvalue weighted by atomic mass is 32.3. The van der Waals surface area contributed by atoms with E-state index in [0.717, 1.165) is 0 Å². The van der Waals surface area contributed by atoms with Crippen LogP contribution >= 0.6 is 0 Å². The van der Waals surface area contributed by atoms with E-state index < -0.39 is 20.7 Å². The quantitative estimate of drug-likeness (QED) is 0.527. The second-order valence-electron chi connectivity index (χ2n) is 1.54. The molecule has 2 atom stereocenters. The molecule has 3 nitrogen and oxygen atoms in total. The molecule has 0 aliphatic carbocycles. The Morgan fingerprint density at radius 2 is 2.12 bits per heavy atom.